The average Bonchev–Trinajstić information content (AvgIpc) is 2.65. The van der Waals surface area contributed by atoms with Crippen molar-refractivity contribution in [3.63, 3.8) is 0 Å². The molecule has 1 aromatic carbocycles. The van der Waals surface area contributed by atoms with Crippen LogP contribution >= 0.6 is 0 Å². The van der Waals surface area contributed by atoms with Gasteiger partial charge in [0.2, 0.25) is 0 Å². The molecule has 0 bridgehead atoms. The summed E-state index contributed by atoms with van der Waals surface area (Å²) >= 11 is 0. The van der Waals surface area contributed by atoms with E-state index in [9.17, 15) is 21.9 Å². The molecule has 0 N–H and O–H groups in total. The van der Waals surface area contributed by atoms with Crippen LogP contribution in [-0.2, 0) is 26.5 Å². The summed E-state index contributed by atoms with van der Waals surface area (Å²) in [6.07, 6.45) is 2.66. The summed E-state index contributed by atoms with van der Waals surface area (Å²) in [5.74, 6) is -0.954. The molecule has 20 heavy (non-hydrogen) atoms. The first-order valence-electron chi connectivity index (χ1n) is 5.62. The molecule has 2 amide bonds. The van der Waals surface area contributed by atoms with Crippen molar-refractivity contribution in [3.8, 4) is 5.75 Å². The molecule has 8 heteroatoms. The van der Waals surface area contributed by atoms with E-state index < -0.39 is 22.3 Å². The van der Waals surface area contributed by atoms with Gasteiger partial charge in [-0.05, 0) is 24.1 Å². The Bertz CT molecular complexity index is 665. The molecule has 1 aliphatic heterocycles. The quantitative estimate of drug-likeness (QED) is 0.592. The van der Waals surface area contributed by atoms with Gasteiger partial charge in [0.05, 0.1) is 0 Å². The highest BCUT2D eigenvalue weighted by Crippen LogP contribution is 2.17. The first-order valence-corrected chi connectivity index (χ1v) is 6.92. The molecular weight excluding hydrogens is 289 g/mol. The highest BCUT2D eigenvalue weighted by atomic mass is 32.3. The highest BCUT2D eigenvalue weighted by Gasteiger charge is 2.22. The molecule has 0 saturated heterocycles. The Morgan fingerprint density at radius 3 is 2.40 bits per heavy atom. The predicted molar refractivity (Wildman–Crippen MR) is 66.7 cm³/mol. The lowest BCUT2D eigenvalue weighted by Gasteiger charge is -2.13. The lowest BCUT2D eigenvalue weighted by molar-refractivity contribution is -0.136. The van der Waals surface area contributed by atoms with Gasteiger partial charge in [-0.2, -0.15) is 8.42 Å². The van der Waals surface area contributed by atoms with Crippen molar-refractivity contribution in [1.82, 2.24) is 4.90 Å². The lowest BCUT2D eigenvalue weighted by Crippen LogP contribution is -2.31. The van der Waals surface area contributed by atoms with Crippen molar-refractivity contribution >= 4 is 22.3 Å². The maximum atomic E-state index is 12.4. The molecule has 0 aliphatic carbocycles. The Morgan fingerprint density at radius 1 is 1.15 bits per heavy atom. The maximum absolute atomic E-state index is 12.4. The van der Waals surface area contributed by atoms with Crippen molar-refractivity contribution in [1.29, 1.82) is 0 Å². The van der Waals surface area contributed by atoms with Crippen molar-refractivity contribution < 1.29 is 26.1 Å². The fourth-order valence-corrected chi connectivity index (χ4v) is 2.09. The SMILES string of the molecule is O=C1C=CC(=O)N1CCc1cccc(OS(=O)(=O)F)c1. The van der Waals surface area contributed by atoms with E-state index in [4.69, 9.17) is 0 Å². The summed E-state index contributed by atoms with van der Waals surface area (Å²) in [6.45, 7) is 0.149. The van der Waals surface area contributed by atoms with Gasteiger partial charge in [0.1, 0.15) is 5.75 Å². The van der Waals surface area contributed by atoms with E-state index in [1.165, 1.54) is 30.4 Å². The number of nitrogens with zero attached hydrogens (tertiary/aromatic N) is 1. The number of benzene rings is 1. The molecule has 106 valence electrons. The Morgan fingerprint density at radius 2 is 1.80 bits per heavy atom. The van der Waals surface area contributed by atoms with Crippen LogP contribution in [0.25, 0.3) is 0 Å². The van der Waals surface area contributed by atoms with E-state index in [0.717, 1.165) is 4.90 Å². The molecule has 0 radical (unpaired) electrons. The number of carbonyl (C=O) groups is 2. The summed E-state index contributed by atoms with van der Waals surface area (Å²) in [5.41, 5.74) is 0.610. The smallest absolute Gasteiger partial charge is 0.358 e. The highest BCUT2D eigenvalue weighted by molar-refractivity contribution is 7.81. The summed E-state index contributed by atoms with van der Waals surface area (Å²) in [6, 6.07) is 5.75. The van der Waals surface area contributed by atoms with Crippen LogP contribution in [0.4, 0.5) is 3.89 Å². The van der Waals surface area contributed by atoms with Crippen LogP contribution in [0, 0.1) is 0 Å². The van der Waals surface area contributed by atoms with E-state index in [1.807, 2.05) is 0 Å². The molecule has 0 saturated carbocycles. The summed E-state index contributed by atoms with van der Waals surface area (Å²) in [5, 5.41) is 0. The van der Waals surface area contributed by atoms with Crippen LogP contribution in [-0.4, -0.2) is 31.7 Å². The van der Waals surface area contributed by atoms with Crippen molar-refractivity contribution in [2.75, 3.05) is 6.54 Å². The van der Waals surface area contributed by atoms with Gasteiger partial charge in [0.15, 0.2) is 0 Å². The second kappa shape index (κ2) is 5.41. The number of halogens is 1. The van der Waals surface area contributed by atoms with Crippen LogP contribution in [0.3, 0.4) is 0 Å². The average molecular weight is 299 g/mol. The first kappa shape index (κ1) is 14.2. The number of hydrogen-bond acceptors (Lipinski definition) is 5. The predicted octanol–water partition coefficient (Wildman–Crippen LogP) is 0.747. The van der Waals surface area contributed by atoms with E-state index in [-0.39, 0.29) is 12.3 Å². The molecule has 6 nitrogen and oxygen atoms in total. The van der Waals surface area contributed by atoms with Crippen molar-refractivity contribution in [2.45, 2.75) is 6.42 Å². The van der Waals surface area contributed by atoms with Crippen LogP contribution in [0.2, 0.25) is 0 Å². The molecule has 0 spiro atoms. The van der Waals surface area contributed by atoms with Crippen molar-refractivity contribution in [2.24, 2.45) is 0 Å². The fourth-order valence-electron chi connectivity index (χ4n) is 1.76. The maximum Gasteiger partial charge on any atom is 0.488 e. The Hall–Kier alpha value is -2.22. The Labute approximate surface area is 114 Å². The summed E-state index contributed by atoms with van der Waals surface area (Å²) in [7, 11) is -5.07. The normalized spacial score (nSPS) is 14.9. The second-order valence-electron chi connectivity index (χ2n) is 4.04. The largest absolute Gasteiger partial charge is 0.488 e. The van der Waals surface area contributed by atoms with Crippen LogP contribution in [0.15, 0.2) is 36.4 Å². The zero-order valence-electron chi connectivity index (χ0n) is 10.2. The van der Waals surface area contributed by atoms with Gasteiger partial charge in [-0.15, -0.1) is 0 Å². The number of hydrogen-bond donors (Lipinski definition) is 0. The molecule has 0 aromatic heterocycles. The van der Waals surface area contributed by atoms with E-state index in [2.05, 4.69) is 4.18 Å². The van der Waals surface area contributed by atoms with Gasteiger partial charge < -0.3 is 4.18 Å². The molecule has 1 aromatic rings. The van der Waals surface area contributed by atoms with E-state index in [1.54, 1.807) is 6.07 Å². The molecule has 0 atom stereocenters. The molecule has 1 aliphatic rings. The third-order valence-electron chi connectivity index (χ3n) is 2.62. The minimum atomic E-state index is -5.07. The monoisotopic (exact) mass is 299 g/mol. The topological polar surface area (TPSA) is 80.8 Å². The minimum Gasteiger partial charge on any atom is -0.358 e. The van der Waals surface area contributed by atoms with Gasteiger partial charge in [-0.1, -0.05) is 16.0 Å². The molecular formula is C12H10FNO5S. The van der Waals surface area contributed by atoms with Gasteiger partial charge in [0.25, 0.3) is 11.8 Å². The first-order chi connectivity index (χ1) is 9.35. The Balaban J connectivity index is 2.02. The van der Waals surface area contributed by atoms with Crippen molar-refractivity contribution in [3.05, 3.63) is 42.0 Å². The van der Waals surface area contributed by atoms with Crippen LogP contribution in [0.1, 0.15) is 5.56 Å². The standard InChI is InChI=1S/C12H10FNO5S/c13-20(17,18)19-10-3-1-2-9(8-10)6-7-14-11(15)4-5-12(14)16/h1-5,8H,6-7H2. The molecule has 0 fully saturated rings. The van der Waals surface area contributed by atoms with Gasteiger partial charge >= 0.3 is 10.5 Å². The number of amides is 2. The number of imide groups is 1. The van der Waals surface area contributed by atoms with Gasteiger partial charge in [-0.25, -0.2) is 0 Å². The van der Waals surface area contributed by atoms with E-state index in [0.29, 0.717) is 12.0 Å². The molecule has 1 heterocycles. The van der Waals surface area contributed by atoms with Gasteiger partial charge in [0, 0.05) is 18.7 Å². The zero-order chi connectivity index (χ0) is 14.8. The number of carbonyl (C=O) groups excluding carboxylic acids is 2. The van der Waals surface area contributed by atoms with E-state index >= 15 is 0 Å². The number of rotatable bonds is 5. The molecule has 2 rings (SSSR count). The third-order valence-corrected chi connectivity index (χ3v) is 3.01. The zero-order valence-corrected chi connectivity index (χ0v) is 11.0. The van der Waals surface area contributed by atoms with Gasteiger partial charge in [-0.3, -0.25) is 14.5 Å². The fraction of sp³-hybridized carbons (Fsp3) is 0.167. The minimum absolute atomic E-state index is 0.149. The summed E-state index contributed by atoms with van der Waals surface area (Å²) < 4.78 is 37.2. The van der Waals surface area contributed by atoms with Crippen LogP contribution in [0.5, 0.6) is 5.75 Å². The van der Waals surface area contributed by atoms with Crippen LogP contribution < -0.4 is 4.18 Å². The lowest BCUT2D eigenvalue weighted by atomic mass is 10.1. The third kappa shape index (κ3) is 3.64. The second-order valence-corrected chi connectivity index (χ2v) is 4.99. The Kier molecular flexibility index (Phi) is 3.84. The summed E-state index contributed by atoms with van der Waals surface area (Å²) in [4.78, 5) is 23.7. The molecule has 0 unspecified atom stereocenters.